The molecular weight excluding hydrogens is 540 g/mol. The molecule has 12 heteroatoms. The van der Waals surface area contributed by atoms with Gasteiger partial charge in [0.1, 0.15) is 12.2 Å². The molecule has 0 radical (unpaired) electrons. The predicted molar refractivity (Wildman–Crippen MR) is 150 cm³/mol. The number of carboxylic acid groups (broad SMARTS) is 1. The van der Waals surface area contributed by atoms with E-state index in [9.17, 15) is 34.8 Å². The van der Waals surface area contributed by atoms with Crippen molar-refractivity contribution in [2.24, 2.45) is 0 Å². The Morgan fingerprint density at radius 3 is 2.58 bits per heavy atom. The lowest BCUT2D eigenvalue weighted by molar-refractivity contribution is -0.310. The summed E-state index contributed by atoms with van der Waals surface area (Å²) in [4.78, 5) is 36.6. The van der Waals surface area contributed by atoms with Gasteiger partial charge >= 0.3 is 5.97 Å². The number of aliphatic hydroxyl groups is 3. The Morgan fingerprint density at radius 2 is 1.90 bits per heavy atom. The van der Waals surface area contributed by atoms with Gasteiger partial charge in [0, 0.05) is 19.9 Å². The standard InChI is InChI=1S/C28H38N2O9S/c1-3-40-12-6-11-38-28(27(36)37)15-21(32)24(30-17(2)31)26(39-28)25(35)22(33)16-29-23(34)14-18-9-10-19-7-4-5-8-20(19)13-18/h4-5,7-10,13,21-22,24-26,32-33,35H,3,6,11-12,14-16H2,1-2H3,(H,29,34)(H,30,31)(H,36,37)/t21-,22+,24+,25+,26+,28+/m0/s1. The van der Waals surface area contributed by atoms with Crippen molar-refractivity contribution in [3.63, 3.8) is 0 Å². The second-order valence-corrected chi connectivity index (χ2v) is 11.2. The molecule has 6 N–H and O–H groups in total. The normalized spacial score (nSPS) is 24.3. The van der Waals surface area contributed by atoms with Crippen LogP contribution in [0.5, 0.6) is 0 Å². The van der Waals surface area contributed by atoms with Crippen molar-refractivity contribution in [3.05, 3.63) is 48.0 Å². The Labute approximate surface area is 237 Å². The van der Waals surface area contributed by atoms with Crippen molar-refractivity contribution in [1.82, 2.24) is 10.6 Å². The van der Waals surface area contributed by atoms with Gasteiger partial charge in [-0.2, -0.15) is 11.8 Å². The number of nitrogens with one attached hydrogen (secondary N) is 2. The van der Waals surface area contributed by atoms with Crippen molar-refractivity contribution in [2.75, 3.05) is 24.7 Å². The topological polar surface area (TPSA) is 175 Å². The Bertz CT molecular complexity index is 1170. The summed E-state index contributed by atoms with van der Waals surface area (Å²) in [5.74, 6) is -3.14. The van der Waals surface area contributed by atoms with E-state index in [0.717, 1.165) is 27.8 Å². The van der Waals surface area contributed by atoms with Gasteiger partial charge in [-0.1, -0.05) is 49.4 Å². The third-order valence-corrected chi connectivity index (χ3v) is 7.64. The molecule has 6 atom stereocenters. The summed E-state index contributed by atoms with van der Waals surface area (Å²) >= 11 is 1.65. The number of carbonyl (C=O) groups excluding carboxylic acids is 2. The zero-order chi connectivity index (χ0) is 29.3. The third-order valence-electron chi connectivity index (χ3n) is 6.66. The molecule has 11 nitrogen and oxygen atoms in total. The van der Waals surface area contributed by atoms with Crippen LogP contribution in [0.2, 0.25) is 0 Å². The number of rotatable bonds is 14. The number of aliphatic carboxylic acids is 1. The van der Waals surface area contributed by atoms with Crippen LogP contribution >= 0.6 is 11.8 Å². The van der Waals surface area contributed by atoms with E-state index in [2.05, 4.69) is 10.6 Å². The number of aliphatic hydroxyl groups excluding tert-OH is 3. The molecule has 1 saturated heterocycles. The molecule has 1 fully saturated rings. The molecule has 2 aromatic rings. The fourth-order valence-electron chi connectivity index (χ4n) is 4.65. The van der Waals surface area contributed by atoms with E-state index in [1.165, 1.54) is 6.92 Å². The van der Waals surface area contributed by atoms with Crippen LogP contribution in [-0.4, -0.2) is 99.1 Å². The molecule has 220 valence electrons. The molecule has 0 aromatic heterocycles. The first kappa shape index (κ1) is 31.8. The Balaban J connectivity index is 1.67. The van der Waals surface area contributed by atoms with Crippen LogP contribution in [0.15, 0.2) is 42.5 Å². The van der Waals surface area contributed by atoms with Gasteiger partial charge in [-0.15, -0.1) is 0 Å². The van der Waals surface area contributed by atoms with Gasteiger partial charge in [0.15, 0.2) is 0 Å². The second-order valence-electron chi connectivity index (χ2n) is 9.76. The van der Waals surface area contributed by atoms with Crippen LogP contribution in [0, 0.1) is 0 Å². The molecule has 3 rings (SSSR count). The maximum absolute atomic E-state index is 12.6. The molecular formula is C28H38N2O9S. The smallest absolute Gasteiger partial charge is 0.364 e. The Morgan fingerprint density at radius 1 is 1.18 bits per heavy atom. The number of carbonyl (C=O) groups is 3. The van der Waals surface area contributed by atoms with E-state index in [4.69, 9.17) is 9.47 Å². The molecule has 1 aliphatic rings. The summed E-state index contributed by atoms with van der Waals surface area (Å²) in [6.07, 6.45) is -6.36. The van der Waals surface area contributed by atoms with Crippen LogP contribution < -0.4 is 10.6 Å². The highest BCUT2D eigenvalue weighted by Gasteiger charge is 2.55. The Kier molecular flexibility index (Phi) is 11.7. The minimum Gasteiger partial charge on any atom is -0.477 e. The molecule has 0 spiro atoms. The number of fused-ring (bicyclic) bond motifs is 1. The predicted octanol–water partition coefficient (Wildman–Crippen LogP) is 0.816. The minimum absolute atomic E-state index is 0.0209. The molecule has 1 heterocycles. The molecule has 0 unspecified atom stereocenters. The summed E-state index contributed by atoms with van der Waals surface area (Å²) < 4.78 is 11.3. The second kappa shape index (κ2) is 14.8. The van der Waals surface area contributed by atoms with E-state index < -0.39 is 60.4 Å². The van der Waals surface area contributed by atoms with E-state index in [1.54, 1.807) is 11.8 Å². The van der Waals surface area contributed by atoms with Crippen molar-refractivity contribution in [1.29, 1.82) is 0 Å². The van der Waals surface area contributed by atoms with Gasteiger partial charge in [-0.25, -0.2) is 4.79 Å². The van der Waals surface area contributed by atoms with E-state index in [-0.39, 0.29) is 19.6 Å². The quantitative estimate of drug-likeness (QED) is 0.176. The number of amides is 2. The van der Waals surface area contributed by atoms with Gasteiger partial charge in [-0.3, -0.25) is 9.59 Å². The molecule has 0 bridgehead atoms. The highest BCUT2D eigenvalue weighted by molar-refractivity contribution is 7.99. The number of hydrogen-bond donors (Lipinski definition) is 6. The number of ether oxygens (including phenoxy) is 2. The van der Waals surface area contributed by atoms with Gasteiger partial charge < -0.3 is 40.5 Å². The maximum atomic E-state index is 12.6. The van der Waals surface area contributed by atoms with Crippen LogP contribution in [0.1, 0.15) is 32.3 Å². The molecule has 2 amide bonds. The zero-order valence-corrected chi connectivity index (χ0v) is 23.4. The summed E-state index contributed by atoms with van der Waals surface area (Å²) in [5, 5.41) is 49.5. The van der Waals surface area contributed by atoms with Crippen molar-refractivity contribution >= 4 is 40.3 Å². The number of thioether (sulfide) groups is 1. The van der Waals surface area contributed by atoms with Crippen molar-refractivity contribution in [2.45, 2.75) is 69.4 Å². The summed E-state index contributed by atoms with van der Waals surface area (Å²) in [6.45, 7) is 2.83. The van der Waals surface area contributed by atoms with Crippen LogP contribution in [-0.2, 0) is 30.3 Å². The van der Waals surface area contributed by atoms with Gasteiger partial charge in [0.25, 0.3) is 5.79 Å². The lowest BCUT2D eigenvalue weighted by Crippen LogP contribution is -2.68. The van der Waals surface area contributed by atoms with Crippen LogP contribution in [0.25, 0.3) is 10.8 Å². The summed E-state index contributed by atoms with van der Waals surface area (Å²) in [6, 6.07) is 12.1. The summed E-state index contributed by atoms with van der Waals surface area (Å²) in [7, 11) is 0. The highest BCUT2D eigenvalue weighted by atomic mass is 32.2. The first-order valence-electron chi connectivity index (χ1n) is 13.2. The Hall–Kier alpha value is -2.74. The monoisotopic (exact) mass is 578 g/mol. The lowest BCUT2D eigenvalue weighted by atomic mass is 9.88. The lowest BCUT2D eigenvalue weighted by Gasteiger charge is -2.46. The number of carboxylic acids is 1. The van der Waals surface area contributed by atoms with Crippen molar-refractivity contribution < 1.29 is 44.3 Å². The fourth-order valence-corrected chi connectivity index (χ4v) is 5.26. The molecule has 0 saturated carbocycles. The van der Waals surface area contributed by atoms with Gasteiger partial charge in [0.2, 0.25) is 11.8 Å². The largest absolute Gasteiger partial charge is 0.477 e. The van der Waals surface area contributed by atoms with Gasteiger partial charge in [-0.05, 0) is 34.3 Å². The number of hydrogen-bond acceptors (Lipinski definition) is 9. The molecule has 40 heavy (non-hydrogen) atoms. The molecule has 2 aromatic carbocycles. The maximum Gasteiger partial charge on any atom is 0.364 e. The summed E-state index contributed by atoms with van der Waals surface area (Å²) in [5.41, 5.74) is 0.761. The fraction of sp³-hybridized carbons (Fsp3) is 0.536. The molecule has 0 aliphatic carbocycles. The third kappa shape index (κ3) is 8.38. The van der Waals surface area contributed by atoms with Crippen molar-refractivity contribution in [3.8, 4) is 0 Å². The van der Waals surface area contributed by atoms with Crippen LogP contribution in [0.4, 0.5) is 0 Å². The first-order valence-corrected chi connectivity index (χ1v) is 14.4. The average Bonchev–Trinajstić information content (AvgIpc) is 2.92. The zero-order valence-electron chi connectivity index (χ0n) is 22.6. The van der Waals surface area contributed by atoms with Crippen LogP contribution in [0.3, 0.4) is 0 Å². The SMILES string of the molecule is CCSCCCO[C@]1(C(=O)O)C[C@H](O)[C@@H](NC(C)=O)[C@H]([C@H](O)[C@H](O)CNC(=O)Cc2ccc3ccccc3c2)O1. The van der Waals surface area contributed by atoms with Gasteiger partial charge in [0.05, 0.1) is 31.3 Å². The minimum atomic E-state index is -2.30. The van der Waals surface area contributed by atoms with E-state index in [1.807, 2.05) is 49.4 Å². The molecule has 1 aliphatic heterocycles. The van der Waals surface area contributed by atoms with E-state index >= 15 is 0 Å². The number of benzene rings is 2. The first-order chi connectivity index (χ1) is 19.1. The van der Waals surface area contributed by atoms with E-state index in [0.29, 0.717) is 6.42 Å². The average molecular weight is 579 g/mol. The highest BCUT2D eigenvalue weighted by Crippen LogP contribution is 2.33.